The van der Waals surface area contributed by atoms with Gasteiger partial charge in [-0.15, -0.1) is 12.4 Å². The van der Waals surface area contributed by atoms with Crippen LogP contribution in [0.4, 0.5) is 10.6 Å². The number of carbonyl (C=O) groups is 1. The van der Waals surface area contributed by atoms with Gasteiger partial charge in [0.1, 0.15) is 11.5 Å². The molecule has 26 heavy (non-hydrogen) atoms. The Hall–Kier alpha value is -1.47. The first kappa shape index (κ1) is 19.3. The summed E-state index contributed by atoms with van der Waals surface area (Å²) in [5, 5.41) is 1.14. The van der Waals surface area contributed by atoms with Gasteiger partial charge in [-0.25, -0.2) is 9.78 Å². The molecule has 2 aliphatic heterocycles. The van der Waals surface area contributed by atoms with Gasteiger partial charge in [-0.3, -0.25) is 14.8 Å². The number of benzene rings is 1. The number of aliphatic imine (C=N–C) groups is 1. The predicted molar refractivity (Wildman–Crippen MR) is 107 cm³/mol. The molecule has 4 rings (SSSR count). The lowest BCUT2D eigenvalue weighted by Crippen LogP contribution is -2.48. The molecule has 6 nitrogen and oxygen atoms in total. The van der Waals surface area contributed by atoms with Crippen LogP contribution in [-0.4, -0.2) is 46.4 Å². The van der Waals surface area contributed by atoms with Crippen LogP contribution in [-0.2, 0) is 0 Å². The Morgan fingerprint density at radius 1 is 1.31 bits per heavy atom. The van der Waals surface area contributed by atoms with Crippen LogP contribution in [0, 0.1) is 0 Å². The molecule has 0 saturated carbocycles. The highest BCUT2D eigenvalue weighted by Crippen LogP contribution is 2.38. The number of fused-ring (bicyclic) bond motifs is 3. The van der Waals surface area contributed by atoms with Crippen molar-refractivity contribution in [1.29, 1.82) is 0 Å². The summed E-state index contributed by atoms with van der Waals surface area (Å²) in [7, 11) is 1.69. The zero-order valence-electron chi connectivity index (χ0n) is 13.9. The Balaban J connectivity index is 0.00000196. The van der Waals surface area contributed by atoms with Crippen molar-refractivity contribution in [3.05, 3.63) is 32.9 Å². The van der Waals surface area contributed by atoms with E-state index in [9.17, 15) is 4.79 Å². The molecule has 2 amide bonds. The summed E-state index contributed by atoms with van der Waals surface area (Å²) in [6, 6.07) is 3.21. The molecular formula is C16H15Cl4N5O. The van der Waals surface area contributed by atoms with Gasteiger partial charge in [0.2, 0.25) is 0 Å². The number of anilines is 1. The van der Waals surface area contributed by atoms with Crippen LogP contribution >= 0.6 is 47.2 Å². The van der Waals surface area contributed by atoms with E-state index < -0.39 is 0 Å². The maximum Gasteiger partial charge on any atom is 0.331 e. The third kappa shape index (κ3) is 2.85. The van der Waals surface area contributed by atoms with Gasteiger partial charge in [0.05, 0.1) is 22.6 Å². The van der Waals surface area contributed by atoms with E-state index in [4.69, 9.17) is 34.8 Å². The summed E-state index contributed by atoms with van der Waals surface area (Å²) in [5.41, 5.74) is 1.27. The van der Waals surface area contributed by atoms with Crippen molar-refractivity contribution in [2.75, 3.05) is 18.5 Å². The van der Waals surface area contributed by atoms with Gasteiger partial charge in [-0.2, -0.15) is 0 Å². The molecule has 2 aromatic rings. The molecule has 0 bridgehead atoms. The second kappa shape index (κ2) is 6.93. The molecule has 3 heterocycles. The number of aromatic nitrogens is 2. The number of nitrogens with one attached hydrogen (secondary N) is 1. The van der Waals surface area contributed by atoms with Gasteiger partial charge in [0.25, 0.3) is 0 Å². The van der Waals surface area contributed by atoms with Crippen molar-refractivity contribution in [2.24, 2.45) is 4.99 Å². The van der Waals surface area contributed by atoms with Crippen molar-refractivity contribution in [1.82, 2.24) is 14.9 Å². The largest absolute Gasteiger partial charge is 0.334 e. The molecule has 0 radical (unpaired) electrons. The molecule has 2 aliphatic rings. The second-order valence-electron chi connectivity index (χ2n) is 6.00. The second-order valence-corrected chi connectivity index (χ2v) is 7.22. The van der Waals surface area contributed by atoms with Crippen molar-refractivity contribution in [2.45, 2.75) is 19.4 Å². The fraction of sp³-hybridized carbons (Fsp3) is 0.312. The summed E-state index contributed by atoms with van der Waals surface area (Å²) >= 11 is 18.5. The number of amides is 2. The number of halogens is 4. The first-order chi connectivity index (χ1) is 11.9. The van der Waals surface area contributed by atoms with Crippen molar-refractivity contribution < 1.29 is 4.79 Å². The lowest BCUT2D eigenvalue weighted by Gasteiger charge is -2.29. The van der Waals surface area contributed by atoms with E-state index >= 15 is 0 Å². The molecule has 10 heteroatoms. The summed E-state index contributed by atoms with van der Waals surface area (Å²) in [6.07, 6.45) is 0.864. The highest BCUT2D eigenvalue weighted by molar-refractivity contribution is 6.45. The molecule has 1 atom stereocenters. The molecule has 0 spiro atoms. The Labute approximate surface area is 171 Å². The average Bonchev–Trinajstić information content (AvgIpc) is 3.20. The van der Waals surface area contributed by atoms with E-state index in [1.54, 1.807) is 24.1 Å². The Bertz CT molecular complexity index is 926. The third-order valence-corrected chi connectivity index (χ3v) is 5.44. The van der Waals surface area contributed by atoms with Crippen molar-refractivity contribution >= 4 is 64.9 Å². The van der Waals surface area contributed by atoms with E-state index in [-0.39, 0.29) is 24.5 Å². The van der Waals surface area contributed by atoms with Crippen molar-refractivity contribution in [3.8, 4) is 11.4 Å². The Morgan fingerprint density at radius 2 is 2.04 bits per heavy atom. The topological polar surface area (TPSA) is 64.6 Å². The van der Waals surface area contributed by atoms with Crippen molar-refractivity contribution in [3.63, 3.8) is 0 Å². The zero-order chi connectivity index (χ0) is 17.9. The van der Waals surface area contributed by atoms with Crippen LogP contribution in [0.3, 0.4) is 0 Å². The molecule has 0 saturated heterocycles. The zero-order valence-corrected chi connectivity index (χ0v) is 17.0. The average molecular weight is 435 g/mol. The van der Waals surface area contributed by atoms with Crippen LogP contribution in [0.15, 0.2) is 17.1 Å². The van der Waals surface area contributed by atoms with Gasteiger partial charge in [-0.1, -0.05) is 41.7 Å². The highest BCUT2D eigenvalue weighted by Gasteiger charge is 2.40. The molecule has 1 unspecified atom stereocenters. The lowest BCUT2D eigenvalue weighted by molar-refractivity contribution is 0.228. The number of hydrogen-bond donors (Lipinski definition) is 1. The minimum atomic E-state index is -0.143. The van der Waals surface area contributed by atoms with Gasteiger partial charge < -0.3 is 4.98 Å². The lowest BCUT2D eigenvalue weighted by atomic mass is 10.2. The molecule has 0 aliphatic carbocycles. The monoisotopic (exact) mass is 433 g/mol. The summed E-state index contributed by atoms with van der Waals surface area (Å²) < 4.78 is 0. The number of H-pyrrole nitrogens is 1. The fourth-order valence-corrected chi connectivity index (χ4v) is 3.75. The van der Waals surface area contributed by atoms with Gasteiger partial charge in [-0.05, 0) is 18.6 Å². The van der Waals surface area contributed by atoms with Gasteiger partial charge in [0.15, 0.2) is 11.7 Å². The predicted octanol–water partition coefficient (Wildman–Crippen LogP) is 4.87. The summed E-state index contributed by atoms with van der Waals surface area (Å²) in [4.78, 5) is 28.2. The standard InChI is InChI=1S/C16H14Cl3N5O.ClH/c1-3-8-6-24-15(20-8)12-14(23(2)16(24)25)22-13(21-12)9-4-7(17)5-10(18)11(9)19;/h4-5,8H,3,6H2,1-2H3,(H,21,22);1H. The highest BCUT2D eigenvalue weighted by atomic mass is 35.5. The maximum atomic E-state index is 12.6. The number of amidine groups is 1. The third-order valence-electron chi connectivity index (χ3n) is 4.42. The Kier molecular flexibility index (Phi) is 5.14. The normalized spacial score (nSPS) is 18.4. The summed E-state index contributed by atoms with van der Waals surface area (Å²) in [6.45, 7) is 2.63. The Morgan fingerprint density at radius 3 is 2.73 bits per heavy atom. The van der Waals surface area contributed by atoms with Crippen LogP contribution in [0.25, 0.3) is 11.4 Å². The molecule has 1 N–H and O–H groups in total. The van der Waals surface area contributed by atoms with E-state index in [1.807, 2.05) is 0 Å². The first-order valence-corrected chi connectivity index (χ1v) is 8.92. The number of rotatable bonds is 2. The van der Waals surface area contributed by atoms with Crippen LogP contribution in [0.1, 0.15) is 19.0 Å². The number of imidazole rings is 1. The number of carbonyl (C=O) groups excluding carboxylic acids is 1. The van der Waals surface area contributed by atoms with E-state index in [2.05, 4.69) is 21.9 Å². The molecule has 1 aromatic heterocycles. The minimum Gasteiger partial charge on any atom is -0.334 e. The number of urea groups is 1. The smallest absolute Gasteiger partial charge is 0.331 e. The number of hydrogen-bond acceptors (Lipinski definition) is 3. The molecule has 0 fully saturated rings. The minimum absolute atomic E-state index is 0. The number of nitrogens with zero attached hydrogens (tertiary/aromatic N) is 4. The van der Waals surface area contributed by atoms with E-state index in [0.717, 1.165) is 6.42 Å². The number of aromatic amines is 1. The molecule has 138 valence electrons. The van der Waals surface area contributed by atoms with Crippen LogP contribution < -0.4 is 4.90 Å². The fourth-order valence-electron chi connectivity index (χ4n) is 3.06. The van der Waals surface area contributed by atoms with E-state index in [1.165, 1.54) is 4.90 Å². The first-order valence-electron chi connectivity index (χ1n) is 7.79. The molecule has 1 aromatic carbocycles. The van der Waals surface area contributed by atoms with Gasteiger partial charge >= 0.3 is 6.03 Å². The van der Waals surface area contributed by atoms with Crippen LogP contribution in [0.2, 0.25) is 15.1 Å². The summed E-state index contributed by atoms with van der Waals surface area (Å²) in [5.74, 6) is 1.62. The van der Waals surface area contributed by atoms with E-state index in [0.29, 0.717) is 50.3 Å². The quantitative estimate of drug-likeness (QED) is 0.685. The maximum absolute atomic E-state index is 12.6. The molecular weight excluding hydrogens is 420 g/mol. The van der Waals surface area contributed by atoms with Crippen LogP contribution in [0.5, 0.6) is 0 Å². The van der Waals surface area contributed by atoms with Gasteiger partial charge in [0, 0.05) is 17.6 Å². The SMILES string of the molecule is CCC1CN2C(=O)N(C)c3nc(-c4cc(Cl)cc(Cl)c4Cl)[nH]c3C2=N1.Cl.